The van der Waals surface area contributed by atoms with Crippen molar-refractivity contribution in [3.63, 3.8) is 0 Å². The fourth-order valence-corrected chi connectivity index (χ4v) is 0.707. The van der Waals surface area contributed by atoms with Crippen LogP contribution in [0.2, 0.25) is 0 Å². The highest BCUT2D eigenvalue weighted by Gasteiger charge is 2.16. The first-order valence-corrected chi connectivity index (χ1v) is 5.06. The Bertz CT molecular complexity index is 186. The molecule has 0 aliphatic rings. The van der Waals surface area contributed by atoms with Gasteiger partial charge in [0, 0.05) is 0 Å². The minimum atomic E-state index is -0.498. The summed E-state index contributed by atoms with van der Waals surface area (Å²) in [4.78, 5) is 11.0. The van der Waals surface area contributed by atoms with Crippen molar-refractivity contribution in [1.29, 1.82) is 0 Å². The topological polar surface area (TPSA) is 38.3 Å². The summed E-state index contributed by atoms with van der Waals surface area (Å²) in [6, 6.07) is 0. The maximum atomic E-state index is 11.0. The number of hydrogen-bond donors (Lipinski definition) is 1. The predicted molar refractivity (Wildman–Crippen MR) is 55.5 cm³/mol. The molecular weight excluding hydrogens is 194 g/mol. The van der Waals surface area contributed by atoms with Crippen LogP contribution in [0.5, 0.6) is 0 Å². The van der Waals surface area contributed by atoms with Gasteiger partial charge < -0.3 is 4.74 Å². The Balaban J connectivity index is 3.83. The van der Waals surface area contributed by atoms with Gasteiger partial charge in [-0.3, -0.25) is 5.32 Å². The molecule has 0 heterocycles. The Labute approximate surface area is 82.2 Å². The quantitative estimate of drug-likeness (QED) is 0.618. The van der Waals surface area contributed by atoms with E-state index < -0.39 is 11.7 Å². The second kappa shape index (κ2) is 4.67. The Morgan fingerprint density at radius 1 is 1.50 bits per heavy atom. The number of alkyl carbamates (subject to hydrolysis) is 1. The summed E-state index contributed by atoms with van der Waals surface area (Å²) in [7, 11) is 0. The molecule has 0 aliphatic heterocycles. The largest absolute Gasteiger partial charge is 0.444 e. The van der Waals surface area contributed by atoms with Gasteiger partial charge in [0.15, 0.2) is 0 Å². The molecule has 0 radical (unpaired) electrons. The molecule has 0 aliphatic carbocycles. The van der Waals surface area contributed by atoms with E-state index in [0.717, 1.165) is 0 Å². The smallest absolute Gasteiger partial charge is 0.413 e. The molecule has 0 saturated heterocycles. The zero-order chi connectivity index (χ0) is 9.78. The Morgan fingerprint density at radius 2 is 2.00 bits per heavy atom. The molecule has 12 heavy (non-hydrogen) atoms. The number of amides is 1. The fourth-order valence-electron chi connectivity index (χ4n) is 0.438. The molecule has 0 unspecified atom stereocenters. The summed E-state index contributed by atoms with van der Waals surface area (Å²) in [5, 5.41) is 2.42. The zero-order valence-corrected chi connectivity index (χ0v) is 9.27. The molecular formula is C7H13NO2S2. The average molecular weight is 207 g/mol. The van der Waals surface area contributed by atoms with Crippen LogP contribution in [0.15, 0.2) is 0 Å². The van der Waals surface area contributed by atoms with Crippen molar-refractivity contribution < 1.29 is 9.53 Å². The summed E-state index contributed by atoms with van der Waals surface area (Å²) in [6.45, 7) is 5.40. The van der Waals surface area contributed by atoms with E-state index in [0.29, 0.717) is 4.32 Å². The minimum Gasteiger partial charge on any atom is -0.444 e. The highest BCUT2D eigenvalue weighted by Crippen LogP contribution is 2.07. The Kier molecular flexibility index (Phi) is 4.55. The highest BCUT2D eigenvalue weighted by atomic mass is 32.2. The standard InChI is InChI=1S/C7H13NO2S2/c1-7(2,3)10-5(9)8-6(11)12-4/h1-4H3,(H,8,9,11). The lowest BCUT2D eigenvalue weighted by Crippen LogP contribution is -2.34. The van der Waals surface area contributed by atoms with Crippen LogP contribution in [-0.4, -0.2) is 22.3 Å². The molecule has 0 saturated carbocycles. The lowest BCUT2D eigenvalue weighted by molar-refractivity contribution is 0.0565. The lowest BCUT2D eigenvalue weighted by Gasteiger charge is -2.19. The first-order valence-electron chi connectivity index (χ1n) is 3.43. The summed E-state index contributed by atoms with van der Waals surface area (Å²) < 4.78 is 5.38. The third kappa shape index (κ3) is 6.42. The second-order valence-corrected chi connectivity index (χ2v) is 4.60. The van der Waals surface area contributed by atoms with Gasteiger partial charge in [-0.15, -0.1) is 11.8 Å². The molecule has 0 bridgehead atoms. The number of rotatable bonds is 0. The molecule has 5 heteroatoms. The van der Waals surface area contributed by atoms with Crippen LogP contribution in [0.1, 0.15) is 20.8 Å². The van der Waals surface area contributed by atoms with Crippen LogP contribution >= 0.6 is 24.0 Å². The maximum absolute atomic E-state index is 11.0. The number of carbonyl (C=O) groups is 1. The SMILES string of the molecule is CSC(=S)NC(=O)OC(C)(C)C. The Morgan fingerprint density at radius 3 is 2.33 bits per heavy atom. The van der Waals surface area contributed by atoms with Crippen molar-refractivity contribution in [3.05, 3.63) is 0 Å². The Hall–Kier alpha value is -0.290. The number of thiocarbonyl (C=S) groups is 1. The molecule has 1 N–H and O–H groups in total. The van der Waals surface area contributed by atoms with Crippen LogP contribution in [0, 0.1) is 0 Å². The van der Waals surface area contributed by atoms with E-state index in [1.807, 2.05) is 0 Å². The van der Waals surface area contributed by atoms with Crippen molar-refractivity contribution in [3.8, 4) is 0 Å². The molecule has 0 fully saturated rings. The van der Waals surface area contributed by atoms with Crippen LogP contribution in [0.25, 0.3) is 0 Å². The van der Waals surface area contributed by atoms with Gasteiger partial charge in [0.2, 0.25) is 0 Å². The van der Waals surface area contributed by atoms with Gasteiger partial charge in [0.25, 0.3) is 0 Å². The van der Waals surface area contributed by atoms with Gasteiger partial charge in [-0.1, -0.05) is 12.2 Å². The lowest BCUT2D eigenvalue weighted by atomic mass is 10.2. The van der Waals surface area contributed by atoms with Crippen molar-refractivity contribution in [2.75, 3.05) is 6.26 Å². The number of carbonyl (C=O) groups excluding carboxylic acids is 1. The molecule has 0 aromatic carbocycles. The van der Waals surface area contributed by atoms with Crippen LogP contribution in [0.3, 0.4) is 0 Å². The predicted octanol–water partition coefficient (Wildman–Crippen LogP) is 2.16. The van der Waals surface area contributed by atoms with Crippen molar-refractivity contribution in [1.82, 2.24) is 5.32 Å². The molecule has 0 spiro atoms. The molecule has 0 aromatic heterocycles. The summed E-state index contributed by atoms with van der Waals surface area (Å²) >= 11 is 6.07. The molecule has 1 amide bonds. The molecule has 70 valence electrons. The van der Waals surface area contributed by atoms with Crippen LogP contribution < -0.4 is 5.32 Å². The van der Waals surface area contributed by atoms with E-state index in [1.165, 1.54) is 11.8 Å². The second-order valence-electron chi connectivity index (χ2n) is 3.12. The van der Waals surface area contributed by atoms with Crippen LogP contribution in [0.4, 0.5) is 4.79 Å². The third-order valence-electron chi connectivity index (χ3n) is 0.788. The summed E-state index contributed by atoms with van der Waals surface area (Å²) in [5.74, 6) is 0. The van der Waals surface area contributed by atoms with Gasteiger partial charge in [-0.25, -0.2) is 4.79 Å². The first kappa shape index (κ1) is 11.7. The summed E-state index contributed by atoms with van der Waals surface area (Å²) in [5.41, 5.74) is -0.474. The van der Waals surface area contributed by atoms with Gasteiger partial charge in [-0.2, -0.15) is 0 Å². The summed E-state index contributed by atoms with van der Waals surface area (Å²) in [6.07, 6.45) is 1.29. The highest BCUT2D eigenvalue weighted by molar-refractivity contribution is 8.22. The molecule has 0 atom stereocenters. The average Bonchev–Trinajstić information content (AvgIpc) is 1.82. The molecule has 0 rings (SSSR count). The van der Waals surface area contributed by atoms with E-state index in [4.69, 9.17) is 17.0 Å². The normalized spacial score (nSPS) is 10.7. The van der Waals surface area contributed by atoms with Gasteiger partial charge in [0.05, 0.1) is 0 Å². The van der Waals surface area contributed by atoms with Gasteiger partial charge in [0.1, 0.15) is 9.92 Å². The van der Waals surface area contributed by atoms with Crippen molar-refractivity contribution >= 4 is 34.4 Å². The van der Waals surface area contributed by atoms with Crippen molar-refractivity contribution in [2.45, 2.75) is 26.4 Å². The third-order valence-corrected chi connectivity index (χ3v) is 1.86. The minimum absolute atomic E-state index is 0.421. The molecule has 0 aromatic rings. The van der Waals surface area contributed by atoms with E-state index >= 15 is 0 Å². The number of ether oxygens (including phenoxy) is 1. The van der Waals surface area contributed by atoms with E-state index in [9.17, 15) is 4.79 Å². The number of thioether (sulfide) groups is 1. The van der Waals surface area contributed by atoms with E-state index in [2.05, 4.69) is 5.32 Å². The fraction of sp³-hybridized carbons (Fsp3) is 0.714. The molecule has 3 nitrogen and oxygen atoms in total. The van der Waals surface area contributed by atoms with E-state index in [1.54, 1.807) is 27.0 Å². The van der Waals surface area contributed by atoms with Gasteiger partial charge in [-0.05, 0) is 27.0 Å². The monoisotopic (exact) mass is 207 g/mol. The van der Waals surface area contributed by atoms with Gasteiger partial charge >= 0.3 is 6.09 Å². The number of hydrogen-bond acceptors (Lipinski definition) is 4. The zero-order valence-electron chi connectivity index (χ0n) is 7.63. The van der Waals surface area contributed by atoms with Crippen LogP contribution in [-0.2, 0) is 4.74 Å². The van der Waals surface area contributed by atoms with Crippen molar-refractivity contribution in [2.24, 2.45) is 0 Å². The maximum Gasteiger partial charge on any atom is 0.413 e. The van der Waals surface area contributed by atoms with E-state index in [-0.39, 0.29) is 0 Å². The number of nitrogens with one attached hydrogen (secondary N) is 1. The first-order chi connectivity index (χ1) is 5.35.